The van der Waals surface area contributed by atoms with Crippen molar-refractivity contribution in [3.8, 4) is 6.07 Å². The van der Waals surface area contributed by atoms with Gasteiger partial charge >= 0.3 is 12.1 Å². The summed E-state index contributed by atoms with van der Waals surface area (Å²) >= 11 is 3.88. The molecule has 8 nitrogen and oxygen atoms in total. The molecule has 40 heavy (non-hydrogen) atoms. The maximum atomic E-state index is 13.3. The van der Waals surface area contributed by atoms with Gasteiger partial charge in [-0.25, -0.2) is 14.7 Å². The molecule has 3 aromatic rings. The first kappa shape index (κ1) is 29.0. The number of alkyl halides is 3. The van der Waals surface area contributed by atoms with Crippen LogP contribution >= 0.6 is 27.7 Å². The van der Waals surface area contributed by atoms with Crippen molar-refractivity contribution in [2.24, 2.45) is 0 Å². The first-order chi connectivity index (χ1) is 18.9. The molecule has 0 saturated carbocycles. The highest BCUT2D eigenvalue weighted by Gasteiger charge is 2.42. The number of aromatic nitrogens is 1. The number of Topliss-reactive ketones (excluding diaryl/α,β-unsaturated/α-hetero) is 1. The van der Waals surface area contributed by atoms with Crippen LogP contribution in [0.5, 0.6) is 0 Å². The lowest BCUT2D eigenvalue weighted by molar-refractivity contribution is -0.141. The molecule has 1 atom stereocenters. The number of amides is 2. The zero-order valence-electron chi connectivity index (χ0n) is 20.5. The molecule has 1 saturated heterocycles. The number of ketones is 1. The lowest BCUT2D eigenvalue weighted by Gasteiger charge is -2.16. The second-order valence-electron chi connectivity index (χ2n) is 8.55. The number of rotatable bonds is 7. The Bertz CT molecular complexity index is 1550. The number of nitriles is 1. The maximum absolute atomic E-state index is 13.3. The van der Waals surface area contributed by atoms with Crippen molar-refractivity contribution >= 4 is 56.9 Å². The van der Waals surface area contributed by atoms with Gasteiger partial charge < -0.3 is 4.74 Å². The molecule has 2 amide bonds. The van der Waals surface area contributed by atoms with E-state index >= 15 is 0 Å². The third-order valence-corrected chi connectivity index (χ3v) is 7.51. The zero-order chi connectivity index (χ0) is 29.2. The fraction of sp³-hybridized carbons (Fsp3) is 0.185. The van der Waals surface area contributed by atoms with Crippen LogP contribution in [-0.4, -0.2) is 40.4 Å². The van der Waals surface area contributed by atoms with Gasteiger partial charge in [0.1, 0.15) is 16.8 Å². The van der Waals surface area contributed by atoms with Crippen LogP contribution in [0, 0.1) is 18.3 Å². The molecule has 4 rings (SSSR count). The number of benzene rings is 2. The van der Waals surface area contributed by atoms with Crippen LogP contribution < -0.4 is 4.90 Å². The third kappa shape index (κ3) is 6.24. The summed E-state index contributed by atoms with van der Waals surface area (Å²) in [7, 11) is 0. The summed E-state index contributed by atoms with van der Waals surface area (Å²) in [6.07, 6.45) is -5.09. The van der Waals surface area contributed by atoms with Crippen molar-refractivity contribution < 1.29 is 37.1 Å². The van der Waals surface area contributed by atoms with Gasteiger partial charge in [-0.1, -0.05) is 39.8 Å². The average molecular weight is 632 g/mol. The van der Waals surface area contributed by atoms with E-state index in [0.717, 1.165) is 15.4 Å². The number of hydrogen-bond acceptors (Lipinski definition) is 8. The Hall–Kier alpha value is -4.02. The van der Waals surface area contributed by atoms with Gasteiger partial charge in [0.05, 0.1) is 22.1 Å². The van der Waals surface area contributed by atoms with E-state index in [9.17, 15) is 37.6 Å². The number of anilines is 1. The quantitative estimate of drug-likeness (QED) is 0.190. The fourth-order valence-corrected chi connectivity index (χ4v) is 5.23. The minimum Gasteiger partial charge on any atom is -0.454 e. The van der Waals surface area contributed by atoms with E-state index < -0.39 is 47.3 Å². The van der Waals surface area contributed by atoms with Gasteiger partial charge in [0.2, 0.25) is 11.8 Å². The Morgan fingerprint density at radius 1 is 1.12 bits per heavy atom. The predicted octanol–water partition coefficient (Wildman–Crippen LogP) is 5.51. The van der Waals surface area contributed by atoms with Crippen molar-refractivity contribution in [1.82, 2.24) is 4.98 Å². The number of nitrogens with zero attached hydrogens (tertiary/aromatic N) is 3. The molecule has 0 N–H and O–H groups in total. The van der Waals surface area contributed by atoms with Crippen molar-refractivity contribution in [1.29, 1.82) is 5.26 Å². The van der Waals surface area contributed by atoms with E-state index in [1.54, 1.807) is 30.3 Å². The standard InChI is InChI=1S/C27H17BrF3N3O5S/c1-14-10-22(27(29,30)31)33-24(19(14)12-32)40-21-11-23(36)34(25(21)37)18-8-4-16(5-9-18)26(38)39-13-20(35)15-2-6-17(28)7-3-15/h2-10,21H,11,13H2,1H3. The van der Waals surface area contributed by atoms with Crippen LogP contribution in [0.25, 0.3) is 0 Å². The Morgan fingerprint density at radius 3 is 2.35 bits per heavy atom. The Labute approximate surface area is 238 Å². The van der Waals surface area contributed by atoms with Crippen molar-refractivity contribution in [3.05, 3.63) is 87.0 Å². The van der Waals surface area contributed by atoms with Gasteiger partial charge in [0, 0.05) is 16.5 Å². The minimum atomic E-state index is -4.76. The summed E-state index contributed by atoms with van der Waals surface area (Å²) in [6, 6.07) is 14.4. The van der Waals surface area contributed by atoms with Crippen LogP contribution in [0.15, 0.2) is 64.1 Å². The lowest BCUT2D eigenvalue weighted by atomic mass is 10.1. The van der Waals surface area contributed by atoms with Crippen molar-refractivity contribution in [2.45, 2.75) is 29.8 Å². The van der Waals surface area contributed by atoms with E-state index in [1.807, 2.05) is 0 Å². The number of esters is 1. The number of ether oxygens (including phenoxy) is 1. The highest BCUT2D eigenvalue weighted by molar-refractivity contribution is 9.10. The van der Waals surface area contributed by atoms with Crippen molar-refractivity contribution in [2.75, 3.05) is 11.5 Å². The summed E-state index contributed by atoms with van der Waals surface area (Å²) in [5.41, 5.74) is -0.711. The number of halogens is 4. The summed E-state index contributed by atoms with van der Waals surface area (Å²) in [5.74, 6) is -2.51. The summed E-state index contributed by atoms with van der Waals surface area (Å²) in [5, 5.41) is 8.02. The average Bonchev–Trinajstić information content (AvgIpc) is 3.19. The number of thioether (sulfide) groups is 1. The number of carbonyl (C=O) groups is 4. The van der Waals surface area contributed by atoms with E-state index in [4.69, 9.17) is 4.74 Å². The molecule has 1 fully saturated rings. The van der Waals surface area contributed by atoms with E-state index in [-0.39, 0.29) is 33.8 Å². The molecule has 1 unspecified atom stereocenters. The monoisotopic (exact) mass is 631 g/mol. The van der Waals surface area contributed by atoms with Crippen molar-refractivity contribution in [3.63, 3.8) is 0 Å². The summed E-state index contributed by atoms with van der Waals surface area (Å²) in [4.78, 5) is 54.7. The van der Waals surface area contributed by atoms with Gasteiger partial charge in [-0.3, -0.25) is 14.4 Å². The number of carbonyl (C=O) groups excluding carboxylic acids is 4. The van der Waals surface area contributed by atoms with E-state index in [2.05, 4.69) is 20.9 Å². The van der Waals surface area contributed by atoms with Crippen LogP contribution in [0.4, 0.5) is 18.9 Å². The third-order valence-electron chi connectivity index (χ3n) is 5.81. The highest BCUT2D eigenvalue weighted by atomic mass is 79.9. The summed E-state index contributed by atoms with van der Waals surface area (Å²) < 4.78 is 45.6. The van der Waals surface area contributed by atoms with Crippen LogP contribution in [0.2, 0.25) is 0 Å². The van der Waals surface area contributed by atoms with Gasteiger partial charge in [0.25, 0.3) is 0 Å². The molecule has 2 aromatic carbocycles. The molecule has 2 heterocycles. The second kappa shape index (κ2) is 11.6. The molecule has 0 bridgehead atoms. The topological polar surface area (TPSA) is 117 Å². The SMILES string of the molecule is Cc1cc(C(F)(F)F)nc(SC2CC(=O)N(c3ccc(C(=O)OCC(=O)c4ccc(Br)cc4)cc3)C2=O)c1C#N. The number of aryl methyl sites for hydroxylation is 1. The number of hydrogen-bond donors (Lipinski definition) is 0. The molecular formula is C27H17BrF3N3O5S. The molecule has 0 aliphatic carbocycles. The Morgan fingerprint density at radius 2 is 1.75 bits per heavy atom. The molecule has 0 spiro atoms. The Balaban J connectivity index is 1.45. The van der Waals surface area contributed by atoms with E-state index in [0.29, 0.717) is 17.3 Å². The smallest absolute Gasteiger partial charge is 0.433 e. The normalized spacial score (nSPS) is 15.2. The number of pyridine rings is 1. The van der Waals surface area contributed by atoms with Gasteiger partial charge in [0.15, 0.2) is 12.4 Å². The van der Waals surface area contributed by atoms with Crippen LogP contribution in [-0.2, 0) is 20.5 Å². The largest absolute Gasteiger partial charge is 0.454 e. The minimum absolute atomic E-state index is 0.0435. The highest BCUT2D eigenvalue weighted by Crippen LogP contribution is 2.38. The van der Waals surface area contributed by atoms with Gasteiger partial charge in [-0.2, -0.15) is 18.4 Å². The predicted molar refractivity (Wildman–Crippen MR) is 141 cm³/mol. The zero-order valence-corrected chi connectivity index (χ0v) is 22.9. The molecule has 13 heteroatoms. The molecule has 1 aromatic heterocycles. The van der Waals surface area contributed by atoms with E-state index in [1.165, 1.54) is 31.2 Å². The first-order valence-corrected chi connectivity index (χ1v) is 13.1. The molecule has 0 radical (unpaired) electrons. The molecule has 1 aliphatic rings. The first-order valence-electron chi connectivity index (χ1n) is 11.5. The Kier molecular flexibility index (Phi) is 8.41. The fourth-order valence-electron chi connectivity index (χ4n) is 3.79. The maximum Gasteiger partial charge on any atom is 0.433 e. The number of imide groups is 1. The van der Waals surface area contributed by atoms with Crippen LogP contribution in [0.3, 0.4) is 0 Å². The summed E-state index contributed by atoms with van der Waals surface area (Å²) in [6.45, 7) is 0.842. The second-order valence-corrected chi connectivity index (χ2v) is 10.7. The van der Waals surface area contributed by atoms with Crippen LogP contribution in [0.1, 0.15) is 44.0 Å². The molecule has 204 valence electrons. The lowest BCUT2D eigenvalue weighted by Crippen LogP contribution is -2.31. The molecule has 1 aliphatic heterocycles. The molecular weight excluding hydrogens is 615 g/mol. The van der Waals surface area contributed by atoms with Gasteiger partial charge in [-0.05, 0) is 55.0 Å². The van der Waals surface area contributed by atoms with Gasteiger partial charge in [-0.15, -0.1) is 0 Å².